The second-order valence-electron chi connectivity index (χ2n) is 3.07. The zero-order valence-corrected chi connectivity index (χ0v) is 7.70. The Hall–Kier alpha value is -1.71. The highest BCUT2D eigenvalue weighted by Crippen LogP contribution is 2.16. The lowest BCUT2D eigenvalue weighted by Gasteiger charge is -2.00. The molecule has 0 saturated carbocycles. The number of aldehydes is 1. The molecule has 14 heavy (non-hydrogen) atoms. The number of carbonyl (C=O) groups is 1. The first-order valence-corrected chi connectivity index (χ1v) is 4.28. The molecule has 4 heteroatoms. The number of halogens is 1. The molecular weight excluding hydrogens is 183 g/mol. The summed E-state index contributed by atoms with van der Waals surface area (Å²) in [7, 11) is 0. The number of hydrogen-bond acceptors (Lipinski definition) is 2. The average Bonchev–Trinajstić information content (AvgIpc) is 2.45. The highest BCUT2D eigenvalue weighted by atomic mass is 19.1. The Kier molecular flexibility index (Phi) is 2.04. The number of rotatable bonds is 2. The summed E-state index contributed by atoms with van der Waals surface area (Å²) >= 11 is 0. The van der Waals surface area contributed by atoms with Gasteiger partial charge in [-0.05, 0) is 25.1 Å². The van der Waals surface area contributed by atoms with Crippen LogP contribution in [0.15, 0.2) is 18.2 Å². The molecule has 2 rings (SSSR count). The van der Waals surface area contributed by atoms with Gasteiger partial charge in [0.05, 0.1) is 17.6 Å². The largest absolute Gasteiger partial charge is 0.321 e. The van der Waals surface area contributed by atoms with Gasteiger partial charge in [0.15, 0.2) is 0 Å². The molecule has 0 amide bonds. The number of benzene rings is 1. The molecule has 0 spiro atoms. The van der Waals surface area contributed by atoms with E-state index in [4.69, 9.17) is 0 Å². The van der Waals surface area contributed by atoms with Crippen LogP contribution in [0, 0.1) is 12.7 Å². The first-order valence-electron chi connectivity index (χ1n) is 4.28. The Balaban J connectivity index is 2.72. The van der Waals surface area contributed by atoms with E-state index < -0.39 is 0 Å². The zero-order chi connectivity index (χ0) is 10.1. The smallest absolute Gasteiger partial charge is 0.139 e. The van der Waals surface area contributed by atoms with E-state index in [0.29, 0.717) is 11.0 Å². The molecule has 0 fully saturated rings. The fourth-order valence-corrected chi connectivity index (χ4v) is 1.52. The first kappa shape index (κ1) is 8.87. The molecule has 0 bridgehead atoms. The topological polar surface area (TPSA) is 34.9 Å². The quantitative estimate of drug-likeness (QED) is 0.678. The molecule has 0 N–H and O–H groups in total. The van der Waals surface area contributed by atoms with E-state index in [9.17, 15) is 9.18 Å². The number of fused-ring (bicyclic) bond motifs is 1. The number of nitrogens with zero attached hydrogens (tertiary/aromatic N) is 2. The Bertz CT molecular complexity index is 490. The van der Waals surface area contributed by atoms with Gasteiger partial charge in [0.25, 0.3) is 0 Å². The number of carbonyl (C=O) groups excluding carboxylic acids is 1. The van der Waals surface area contributed by atoms with Crippen molar-refractivity contribution >= 4 is 17.3 Å². The average molecular weight is 192 g/mol. The minimum absolute atomic E-state index is 0.214. The van der Waals surface area contributed by atoms with Gasteiger partial charge in [0.2, 0.25) is 0 Å². The molecule has 0 aliphatic heterocycles. The Morgan fingerprint density at radius 2 is 2.36 bits per heavy atom. The second kappa shape index (κ2) is 3.21. The highest BCUT2D eigenvalue weighted by molar-refractivity contribution is 5.77. The lowest BCUT2D eigenvalue weighted by Crippen LogP contribution is -2.00. The normalized spacial score (nSPS) is 10.7. The number of hydrogen-bond donors (Lipinski definition) is 0. The van der Waals surface area contributed by atoms with Crippen molar-refractivity contribution in [2.45, 2.75) is 13.5 Å². The van der Waals surface area contributed by atoms with Gasteiger partial charge < -0.3 is 9.36 Å². The van der Waals surface area contributed by atoms with Crippen molar-refractivity contribution in [1.29, 1.82) is 0 Å². The molecule has 1 aromatic carbocycles. The monoisotopic (exact) mass is 192 g/mol. The zero-order valence-electron chi connectivity index (χ0n) is 7.70. The van der Waals surface area contributed by atoms with Crippen LogP contribution in [0.3, 0.4) is 0 Å². The summed E-state index contributed by atoms with van der Waals surface area (Å²) in [5, 5.41) is 0. The fourth-order valence-electron chi connectivity index (χ4n) is 1.52. The number of imidazole rings is 1. The van der Waals surface area contributed by atoms with Gasteiger partial charge in [-0.3, -0.25) is 0 Å². The summed E-state index contributed by atoms with van der Waals surface area (Å²) in [6, 6.07) is 4.36. The van der Waals surface area contributed by atoms with E-state index in [-0.39, 0.29) is 12.4 Å². The molecule has 0 aliphatic rings. The third-order valence-electron chi connectivity index (χ3n) is 2.16. The molecule has 72 valence electrons. The van der Waals surface area contributed by atoms with Crippen LogP contribution >= 0.6 is 0 Å². The molecule has 1 aromatic heterocycles. The molecule has 0 unspecified atom stereocenters. The minimum atomic E-state index is -0.315. The molecule has 0 saturated heterocycles. The molecule has 0 aliphatic carbocycles. The van der Waals surface area contributed by atoms with E-state index in [1.807, 2.05) is 0 Å². The van der Waals surface area contributed by atoms with Gasteiger partial charge in [0.1, 0.15) is 17.9 Å². The Labute approximate surface area is 80.2 Å². The second-order valence-corrected chi connectivity index (χ2v) is 3.07. The van der Waals surface area contributed by atoms with Crippen molar-refractivity contribution in [2.24, 2.45) is 0 Å². The fraction of sp³-hybridized carbons (Fsp3) is 0.200. The highest BCUT2D eigenvalue weighted by Gasteiger charge is 2.06. The SMILES string of the molecule is Cc1nc2ccc(F)cc2n1CC=O. The predicted octanol–water partition coefficient (Wildman–Crippen LogP) is 1.68. The van der Waals surface area contributed by atoms with Gasteiger partial charge in [0, 0.05) is 0 Å². The van der Waals surface area contributed by atoms with Crippen LogP contribution in [0.5, 0.6) is 0 Å². The Morgan fingerprint density at radius 3 is 3.07 bits per heavy atom. The van der Waals surface area contributed by atoms with Crippen molar-refractivity contribution in [3.63, 3.8) is 0 Å². The number of aryl methyl sites for hydroxylation is 1. The molecule has 0 atom stereocenters. The lowest BCUT2D eigenvalue weighted by atomic mass is 10.3. The summed E-state index contributed by atoms with van der Waals surface area (Å²) in [5.74, 6) is 0.405. The Morgan fingerprint density at radius 1 is 1.57 bits per heavy atom. The van der Waals surface area contributed by atoms with Crippen molar-refractivity contribution in [1.82, 2.24) is 9.55 Å². The lowest BCUT2D eigenvalue weighted by molar-refractivity contribution is -0.108. The van der Waals surface area contributed by atoms with Gasteiger partial charge in [-0.2, -0.15) is 0 Å². The summed E-state index contributed by atoms with van der Waals surface area (Å²) in [4.78, 5) is 14.6. The van der Waals surface area contributed by atoms with Crippen LogP contribution in [0.2, 0.25) is 0 Å². The maximum absolute atomic E-state index is 12.9. The molecule has 1 heterocycles. The van der Waals surface area contributed by atoms with Crippen molar-refractivity contribution in [3.05, 3.63) is 29.8 Å². The van der Waals surface area contributed by atoms with Crippen LogP contribution < -0.4 is 0 Å². The van der Waals surface area contributed by atoms with E-state index in [0.717, 1.165) is 12.1 Å². The van der Waals surface area contributed by atoms with Crippen LogP contribution in [0.25, 0.3) is 11.0 Å². The van der Waals surface area contributed by atoms with Crippen LogP contribution in [0.4, 0.5) is 4.39 Å². The summed E-state index contributed by atoms with van der Waals surface area (Å²) < 4.78 is 14.6. The summed E-state index contributed by atoms with van der Waals surface area (Å²) in [5.41, 5.74) is 1.38. The van der Waals surface area contributed by atoms with Gasteiger partial charge in [-0.15, -0.1) is 0 Å². The van der Waals surface area contributed by atoms with Crippen LogP contribution in [-0.4, -0.2) is 15.8 Å². The predicted molar refractivity (Wildman–Crippen MR) is 50.5 cm³/mol. The summed E-state index contributed by atoms with van der Waals surface area (Å²) in [6.07, 6.45) is 0.777. The van der Waals surface area contributed by atoms with Crippen molar-refractivity contribution in [2.75, 3.05) is 0 Å². The molecule has 3 nitrogen and oxygen atoms in total. The number of aromatic nitrogens is 2. The van der Waals surface area contributed by atoms with E-state index in [1.54, 1.807) is 17.6 Å². The standard InChI is InChI=1S/C10H9FN2O/c1-7-12-9-3-2-8(11)6-10(9)13(7)4-5-14/h2-3,5-6H,4H2,1H3. The van der Waals surface area contributed by atoms with Crippen LogP contribution in [-0.2, 0) is 11.3 Å². The molecule has 2 aromatic rings. The first-order chi connectivity index (χ1) is 6.72. The maximum atomic E-state index is 12.9. The minimum Gasteiger partial charge on any atom is -0.321 e. The van der Waals surface area contributed by atoms with Crippen molar-refractivity contribution < 1.29 is 9.18 Å². The van der Waals surface area contributed by atoms with E-state index in [2.05, 4.69) is 4.98 Å². The van der Waals surface area contributed by atoms with E-state index in [1.165, 1.54) is 12.1 Å². The molecular formula is C10H9FN2O. The summed E-state index contributed by atoms with van der Waals surface area (Å²) in [6.45, 7) is 2.01. The van der Waals surface area contributed by atoms with Crippen molar-refractivity contribution in [3.8, 4) is 0 Å². The van der Waals surface area contributed by atoms with Gasteiger partial charge >= 0.3 is 0 Å². The van der Waals surface area contributed by atoms with Crippen LogP contribution in [0.1, 0.15) is 5.82 Å². The van der Waals surface area contributed by atoms with E-state index >= 15 is 0 Å². The van der Waals surface area contributed by atoms with Gasteiger partial charge in [-0.1, -0.05) is 0 Å². The maximum Gasteiger partial charge on any atom is 0.139 e. The molecule has 0 radical (unpaired) electrons. The third kappa shape index (κ3) is 1.28. The van der Waals surface area contributed by atoms with Gasteiger partial charge in [-0.25, -0.2) is 9.37 Å². The third-order valence-corrected chi connectivity index (χ3v) is 2.16.